The summed E-state index contributed by atoms with van der Waals surface area (Å²) in [6.07, 6.45) is 6.14. The molecule has 1 atom stereocenters. The largest absolute Gasteiger partial charge is 0.319 e. The molecule has 0 aromatic carbocycles. The van der Waals surface area contributed by atoms with Gasteiger partial charge in [0.05, 0.1) is 17.2 Å². The molecule has 0 spiro atoms. The van der Waals surface area contributed by atoms with Gasteiger partial charge < -0.3 is 5.73 Å². The van der Waals surface area contributed by atoms with Gasteiger partial charge >= 0.3 is 0 Å². The first-order valence-electron chi connectivity index (χ1n) is 6.89. The Hall–Kier alpha value is -1.22. The van der Waals surface area contributed by atoms with E-state index in [0.29, 0.717) is 12.8 Å². The van der Waals surface area contributed by atoms with Gasteiger partial charge in [0.25, 0.3) is 0 Å². The molecule has 3 nitrogen and oxygen atoms in total. The van der Waals surface area contributed by atoms with Crippen LogP contribution in [0.5, 0.6) is 0 Å². The maximum absolute atomic E-state index is 12.7. The van der Waals surface area contributed by atoms with Crippen LogP contribution in [0.1, 0.15) is 56.7 Å². The van der Waals surface area contributed by atoms with Gasteiger partial charge in [-0.1, -0.05) is 19.9 Å². The average molecular weight is 246 g/mol. The molecule has 1 aliphatic carbocycles. The summed E-state index contributed by atoms with van der Waals surface area (Å²) in [6.45, 7) is 3.98. The van der Waals surface area contributed by atoms with Crippen molar-refractivity contribution in [3.63, 3.8) is 0 Å². The first kappa shape index (κ1) is 13.2. The van der Waals surface area contributed by atoms with E-state index in [-0.39, 0.29) is 11.7 Å². The van der Waals surface area contributed by atoms with Crippen LogP contribution >= 0.6 is 0 Å². The fourth-order valence-electron chi connectivity index (χ4n) is 2.81. The molecule has 18 heavy (non-hydrogen) atoms. The first-order valence-corrected chi connectivity index (χ1v) is 6.89. The van der Waals surface area contributed by atoms with Crippen LogP contribution in [0.15, 0.2) is 18.3 Å². The summed E-state index contributed by atoms with van der Waals surface area (Å²) in [4.78, 5) is 17.1. The van der Waals surface area contributed by atoms with Crippen LogP contribution in [0, 0.1) is 0 Å². The Kier molecular flexibility index (Phi) is 3.81. The Balaban J connectivity index is 2.33. The lowest BCUT2D eigenvalue weighted by Crippen LogP contribution is -2.49. The molecular weight excluding hydrogens is 224 g/mol. The molecule has 1 aliphatic rings. The number of Topliss-reactive ketones (excluding diaryl/α,β-unsaturated/α-hetero) is 1. The van der Waals surface area contributed by atoms with Crippen molar-refractivity contribution in [2.45, 2.75) is 57.4 Å². The molecule has 1 unspecified atom stereocenters. The molecular formula is C15H22N2O. The first-order chi connectivity index (χ1) is 8.62. The molecule has 0 fully saturated rings. The van der Waals surface area contributed by atoms with Crippen molar-refractivity contribution in [2.75, 3.05) is 0 Å². The van der Waals surface area contributed by atoms with Crippen molar-refractivity contribution in [1.82, 2.24) is 4.98 Å². The van der Waals surface area contributed by atoms with Crippen LogP contribution in [0.25, 0.3) is 0 Å². The van der Waals surface area contributed by atoms with E-state index in [2.05, 4.69) is 11.1 Å². The van der Waals surface area contributed by atoms with Crippen LogP contribution < -0.4 is 5.73 Å². The fourth-order valence-corrected chi connectivity index (χ4v) is 2.81. The lowest BCUT2D eigenvalue weighted by molar-refractivity contribution is -0.126. The van der Waals surface area contributed by atoms with Crippen LogP contribution in [-0.4, -0.2) is 16.3 Å². The number of rotatable bonds is 4. The number of ketones is 1. The van der Waals surface area contributed by atoms with Crippen molar-refractivity contribution >= 4 is 5.78 Å². The Morgan fingerprint density at radius 2 is 2.22 bits per heavy atom. The van der Waals surface area contributed by atoms with Crippen molar-refractivity contribution in [2.24, 2.45) is 5.73 Å². The third-order valence-electron chi connectivity index (χ3n) is 4.26. The Morgan fingerprint density at radius 1 is 1.50 bits per heavy atom. The molecule has 1 aromatic rings. The van der Waals surface area contributed by atoms with Crippen LogP contribution in [-0.2, 0) is 11.2 Å². The second-order valence-electron chi connectivity index (χ2n) is 5.22. The summed E-state index contributed by atoms with van der Waals surface area (Å²) in [6, 6.07) is 4.03. The quantitative estimate of drug-likeness (QED) is 0.888. The minimum Gasteiger partial charge on any atom is -0.319 e. The number of carbonyl (C=O) groups excluding carboxylic acids is 1. The normalized spacial score (nSPS) is 19.4. The van der Waals surface area contributed by atoms with Gasteiger partial charge in [-0.3, -0.25) is 9.78 Å². The summed E-state index contributed by atoms with van der Waals surface area (Å²) in [5, 5.41) is 0. The predicted molar refractivity (Wildman–Crippen MR) is 72.4 cm³/mol. The molecule has 0 amide bonds. The summed E-state index contributed by atoms with van der Waals surface area (Å²) in [5.41, 5.74) is 7.75. The molecule has 1 aromatic heterocycles. The highest BCUT2D eigenvalue weighted by Crippen LogP contribution is 2.34. The molecule has 0 radical (unpaired) electrons. The van der Waals surface area contributed by atoms with Crippen LogP contribution in [0.2, 0.25) is 0 Å². The van der Waals surface area contributed by atoms with Crippen molar-refractivity contribution in [1.29, 1.82) is 0 Å². The molecule has 1 heterocycles. The molecule has 3 heteroatoms. The number of pyridine rings is 1. The Bertz CT molecular complexity index is 438. The number of nitrogens with two attached hydrogens (primary N) is 1. The number of aryl methyl sites for hydroxylation is 1. The van der Waals surface area contributed by atoms with Gasteiger partial charge in [0.1, 0.15) is 0 Å². The highest BCUT2D eigenvalue weighted by molar-refractivity contribution is 5.94. The SMILES string of the molecule is CCC(N)(CC)C(=O)C1CCCc2cccnc21. The smallest absolute Gasteiger partial charge is 0.161 e. The van der Waals surface area contributed by atoms with Gasteiger partial charge in [-0.15, -0.1) is 0 Å². The fraction of sp³-hybridized carbons (Fsp3) is 0.600. The summed E-state index contributed by atoms with van der Waals surface area (Å²) < 4.78 is 0. The van der Waals surface area contributed by atoms with Gasteiger partial charge in [-0.25, -0.2) is 0 Å². The van der Waals surface area contributed by atoms with E-state index in [1.54, 1.807) is 6.20 Å². The predicted octanol–water partition coefficient (Wildman–Crippen LogP) is 2.59. The average Bonchev–Trinajstić information content (AvgIpc) is 2.45. The minimum absolute atomic E-state index is 0.0974. The lowest BCUT2D eigenvalue weighted by atomic mass is 9.75. The summed E-state index contributed by atoms with van der Waals surface area (Å²) >= 11 is 0. The van der Waals surface area contributed by atoms with Gasteiger partial charge in [-0.2, -0.15) is 0 Å². The van der Waals surface area contributed by atoms with Gasteiger partial charge in [0.2, 0.25) is 0 Å². The lowest BCUT2D eigenvalue weighted by Gasteiger charge is -2.32. The molecule has 0 bridgehead atoms. The second-order valence-corrected chi connectivity index (χ2v) is 5.22. The van der Waals surface area contributed by atoms with E-state index in [1.807, 2.05) is 19.9 Å². The number of hydrogen-bond acceptors (Lipinski definition) is 3. The summed E-state index contributed by atoms with van der Waals surface area (Å²) in [7, 11) is 0. The zero-order chi connectivity index (χ0) is 13.2. The number of nitrogens with zero attached hydrogens (tertiary/aromatic N) is 1. The van der Waals surface area contributed by atoms with E-state index in [0.717, 1.165) is 25.0 Å². The zero-order valence-corrected chi connectivity index (χ0v) is 11.3. The van der Waals surface area contributed by atoms with E-state index in [1.165, 1.54) is 5.56 Å². The maximum Gasteiger partial charge on any atom is 0.161 e. The topological polar surface area (TPSA) is 56.0 Å². The van der Waals surface area contributed by atoms with Crippen molar-refractivity contribution < 1.29 is 4.79 Å². The highest BCUT2D eigenvalue weighted by Gasteiger charge is 2.38. The van der Waals surface area contributed by atoms with Crippen molar-refractivity contribution in [3.05, 3.63) is 29.6 Å². The van der Waals surface area contributed by atoms with E-state index < -0.39 is 5.54 Å². The number of carbonyl (C=O) groups is 1. The van der Waals surface area contributed by atoms with Gasteiger partial charge in [0, 0.05) is 6.20 Å². The second kappa shape index (κ2) is 5.19. The number of aromatic nitrogens is 1. The summed E-state index contributed by atoms with van der Waals surface area (Å²) in [5.74, 6) is 0.0759. The molecule has 2 rings (SSSR count). The van der Waals surface area contributed by atoms with Crippen LogP contribution in [0.4, 0.5) is 0 Å². The maximum atomic E-state index is 12.7. The van der Waals surface area contributed by atoms with Gasteiger partial charge in [-0.05, 0) is 43.7 Å². The minimum atomic E-state index is -0.684. The van der Waals surface area contributed by atoms with E-state index >= 15 is 0 Å². The third-order valence-corrected chi connectivity index (χ3v) is 4.26. The Labute approximate surface area is 109 Å². The number of hydrogen-bond donors (Lipinski definition) is 1. The monoisotopic (exact) mass is 246 g/mol. The standard InChI is InChI=1S/C15H22N2O/c1-3-15(16,4-2)14(18)12-9-5-7-11-8-6-10-17-13(11)12/h6,8,10,12H,3-5,7,9,16H2,1-2H3. The molecule has 98 valence electrons. The Morgan fingerprint density at radius 3 is 2.89 bits per heavy atom. The van der Waals surface area contributed by atoms with Crippen molar-refractivity contribution in [3.8, 4) is 0 Å². The highest BCUT2D eigenvalue weighted by atomic mass is 16.1. The van der Waals surface area contributed by atoms with Gasteiger partial charge in [0.15, 0.2) is 5.78 Å². The van der Waals surface area contributed by atoms with E-state index in [4.69, 9.17) is 5.73 Å². The van der Waals surface area contributed by atoms with Crippen LogP contribution in [0.3, 0.4) is 0 Å². The number of fused-ring (bicyclic) bond motifs is 1. The molecule has 0 saturated heterocycles. The van der Waals surface area contributed by atoms with E-state index in [9.17, 15) is 4.79 Å². The third kappa shape index (κ3) is 2.19. The molecule has 2 N–H and O–H groups in total. The molecule has 0 aliphatic heterocycles. The molecule has 0 saturated carbocycles. The zero-order valence-electron chi connectivity index (χ0n) is 11.3.